The van der Waals surface area contributed by atoms with Crippen LogP contribution in [0.4, 0.5) is 4.39 Å². The fraction of sp³-hybridized carbons (Fsp3) is 0.571. The Bertz CT molecular complexity index is 163. The van der Waals surface area contributed by atoms with Crippen LogP contribution in [0.3, 0.4) is 0 Å². The summed E-state index contributed by atoms with van der Waals surface area (Å²) in [6.45, 7) is 3.86. The molecule has 3 heteroatoms. The van der Waals surface area contributed by atoms with E-state index in [2.05, 4.69) is 4.99 Å². The van der Waals surface area contributed by atoms with Gasteiger partial charge in [-0.15, -0.1) is 0 Å². The summed E-state index contributed by atoms with van der Waals surface area (Å²) in [5.74, 6) is 0. The van der Waals surface area contributed by atoms with Crippen molar-refractivity contribution in [3.05, 3.63) is 12.3 Å². The molecule has 0 saturated heterocycles. The van der Waals surface area contributed by atoms with Crippen LogP contribution < -0.4 is 0 Å². The summed E-state index contributed by atoms with van der Waals surface area (Å²) in [6.07, 6.45) is 3.73. The van der Waals surface area contributed by atoms with Crippen LogP contribution in [0.25, 0.3) is 0 Å². The van der Waals surface area contributed by atoms with E-state index in [0.29, 0.717) is 0 Å². The highest BCUT2D eigenvalue weighted by Crippen LogP contribution is 2.10. The molecule has 0 radical (unpaired) electrons. The lowest BCUT2D eigenvalue weighted by atomic mass is 10.3. The molecule has 0 aromatic rings. The van der Waals surface area contributed by atoms with E-state index < -0.39 is 6.42 Å². The van der Waals surface area contributed by atoms with Crippen molar-refractivity contribution < 1.29 is 4.39 Å². The Balaban J connectivity index is 2.61. The number of hydrogen-bond acceptors (Lipinski definition) is 2. The van der Waals surface area contributed by atoms with Crippen LogP contribution in [0.5, 0.6) is 0 Å². The lowest BCUT2D eigenvalue weighted by molar-refractivity contribution is 0.110. The molecule has 1 aliphatic heterocycles. The highest BCUT2D eigenvalue weighted by Gasteiger charge is 2.15. The lowest BCUT2D eigenvalue weighted by Gasteiger charge is -2.27. The predicted molar refractivity (Wildman–Crippen MR) is 39.5 cm³/mol. The Kier molecular flexibility index (Phi) is 2.04. The van der Waals surface area contributed by atoms with E-state index in [1.54, 1.807) is 17.2 Å². The standard InChI is InChI=1S/C7H11FN2/c1-6(2)10-5-3-4-9-7(10)8/h3-7H,1-2H3. The topological polar surface area (TPSA) is 15.6 Å². The summed E-state index contributed by atoms with van der Waals surface area (Å²) >= 11 is 0. The molecule has 0 bridgehead atoms. The van der Waals surface area contributed by atoms with Gasteiger partial charge in [0.05, 0.1) is 0 Å². The van der Waals surface area contributed by atoms with Crippen LogP contribution >= 0.6 is 0 Å². The molecule has 2 nitrogen and oxygen atoms in total. The summed E-state index contributed by atoms with van der Waals surface area (Å²) in [7, 11) is 0. The van der Waals surface area contributed by atoms with E-state index in [4.69, 9.17) is 0 Å². The molecular weight excluding hydrogens is 131 g/mol. The van der Waals surface area contributed by atoms with Gasteiger partial charge >= 0.3 is 0 Å². The van der Waals surface area contributed by atoms with E-state index in [1.165, 1.54) is 6.21 Å². The van der Waals surface area contributed by atoms with Crippen LogP contribution in [-0.2, 0) is 0 Å². The van der Waals surface area contributed by atoms with E-state index in [0.717, 1.165) is 0 Å². The quantitative estimate of drug-likeness (QED) is 0.507. The van der Waals surface area contributed by atoms with Crippen molar-refractivity contribution >= 4 is 6.21 Å². The lowest BCUT2D eigenvalue weighted by Crippen LogP contribution is -2.33. The van der Waals surface area contributed by atoms with Crippen LogP contribution in [0.2, 0.25) is 0 Å². The highest BCUT2D eigenvalue weighted by molar-refractivity contribution is 5.71. The molecule has 0 fully saturated rings. The van der Waals surface area contributed by atoms with Crippen LogP contribution in [0, 0.1) is 0 Å². The summed E-state index contributed by atoms with van der Waals surface area (Å²) < 4.78 is 12.8. The van der Waals surface area contributed by atoms with Crippen LogP contribution in [-0.4, -0.2) is 23.6 Å². The minimum Gasteiger partial charge on any atom is -0.328 e. The zero-order chi connectivity index (χ0) is 7.56. The van der Waals surface area contributed by atoms with Gasteiger partial charge < -0.3 is 4.90 Å². The second-order valence-electron chi connectivity index (χ2n) is 2.49. The molecule has 1 aliphatic rings. The summed E-state index contributed by atoms with van der Waals surface area (Å²) in [4.78, 5) is 5.14. The molecule has 1 unspecified atom stereocenters. The van der Waals surface area contributed by atoms with Gasteiger partial charge in [-0.25, -0.2) is 4.99 Å². The average Bonchev–Trinajstić information content (AvgIpc) is 1.88. The first-order chi connectivity index (χ1) is 4.72. The largest absolute Gasteiger partial charge is 0.328 e. The first-order valence-corrected chi connectivity index (χ1v) is 3.33. The summed E-state index contributed by atoms with van der Waals surface area (Å²) in [6, 6.07) is 0.170. The molecule has 1 rings (SSSR count). The van der Waals surface area contributed by atoms with Crippen molar-refractivity contribution in [1.29, 1.82) is 0 Å². The number of aliphatic imine (C=N–C) groups is 1. The molecule has 0 N–H and O–H groups in total. The molecule has 0 aliphatic carbocycles. The number of alkyl halides is 1. The van der Waals surface area contributed by atoms with Gasteiger partial charge in [0.2, 0.25) is 0 Å². The number of halogens is 1. The van der Waals surface area contributed by atoms with E-state index in [-0.39, 0.29) is 6.04 Å². The second-order valence-corrected chi connectivity index (χ2v) is 2.49. The molecule has 0 aromatic heterocycles. The Hall–Kier alpha value is -0.860. The van der Waals surface area contributed by atoms with Gasteiger partial charge in [-0.05, 0) is 19.9 Å². The van der Waals surface area contributed by atoms with Gasteiger partial charge in [0, 0.05) is 18.5 Å². The maximum Gasteiger partial charge on any atom is 0.266 e. The second kappa shape index (κ2) is 2.82. The Morgan fingerprint density at radius 1 is 1.60 bits per heavy atom. The number of nitrogens with zero attached hydrogens (tertiary/aromatic N) is 2. The Labute approximate surface area is 60.1 Å². The number of rotatable bonds is 1. The first kappa shape index (κ1) is 7.25. The first-order valence-electron chi connectivity index (χ1n) is 3.33. The van der Waals surface area contributed by atoms with Gasteiger partial charge in [0.15, 0.2) is 0 Å². The highest BCUT2D eigenvalue weighted by atomic mass is 19.1. The summed E-state index contributed by atoms with van der Waals surface area (Å²) in [5, 5.41) is 0. The molecule has 0 amide bonds. The minimum atomic E-state index is -1.19. The maximum absolute atomic E-state index is 12.8. The predicted octanol–water partition coefficient (Wildman–Crippen LogP) is 1.55. The third-order valence-corrected chi connectivity index (χ3v) is 1.40. The SMILES string of the molecule is CC(C)N1C=CC=NC1F. The average molecular weight is 142 g/mol. The van der Waals surface area contributed by atoms with Crippen molar-refractivity contribution in [2.45, 2.75) is 26.3 Å². The Morgan fingerprint density at radius 3 is 2.70 bits per heavy atom. The summed E-state index contributed by atoms with van der Waals surface area (Å²) in [5.41, 5.74) is 0. The van der Waals surface area contributed by atoms with Crippen molar-refractivity contribution in [2.75, 3.05) is 0 Å². The van der Waals surface area contributed by atoms with Crippen molar-refractivity contribution in [1.82, 2.24) is 4.90 Å². The zero-order valence-corrected chi connectivity index (χ0v) is 6.16. The van der Waals surface area contributed by atoms with Crippen LogP contribution in [0.15, 0.2) is 17.3 Å². The fourth-order valence-electron chi connectivity index (χ4n) is 0.825. The third kappa shape index (κ3) is 1.35. The normalized spacial score (nSPS) is 24.4. The number of hydrogen-bond donors (Lipinski definition) is 0. The third-order valence-electron chi connectivity index (χ3n) is 1.40. The maximum atomic E-state index is 12.8. The van der Waals surface area contributed by atoms with Crippen molar-refractivity contribution in [3.63, 3.8) is 0 Å². The molecule has 0 aromatic carbocycles. The fourth-order valence-corrected chi connectivity index (χ4v) is 0.825. The molecule has 1 heterocycles. The van der Waals surface area contributed by atoms with E-state index in [1.807, 2.05) is 13.8 Å². The van der Waals surface area contributed by atoms with Gasteiger partial charge in [-0.1, -0.05) is 0 Å². The Morgan fingerprint density at radius 2 is 2.30 bits per heavy atom. The van der Waals surface area contributed by atoms with Gasteiger partial charge in [-0.3, -0.25) is 0 Å². The number of allylic oxidation sites excluding steroid dienone is 1. The molecule has 0 saturated carbocycles. The molecule has 56 valence electrons. The van der Waals surface area contributed by atoms with Crippen molar-refractivity contribution in [3.8, 4) is 0 Å². The molecule has 10 heavy (non-hydrogen) atoms. The zero-order valence-electron chi connectivity index (χ0n) is 6.16. The van der Waals surface area contributed by atoms with E-state index >= 15 is 0 Å². The molecule has 0 spiro atoms. The van der Waals surface area contributed by atoms with E-state index in [9.17, 15) is 4.39 Å². The van der Waals surface area contributed by atoms with Gasteiger partial charge in [-0.2, -0.15) is 4.39 Å². The minimum absolute atomic E-state index is 0.170. The molecule has 1 atom stereocenters. The van der Waals surface area contributed by atoms with Crippen LogP contribution in [0.1, 0.15) is 13.8 Å². The smallest absolute Gasteiger partial charge is 0.266 e. The molecular formula is C7H11FN2. The van der Waals surface area contributed by atoms with Gasteiger partial charge in [0.25, 0.3) is 6.42 Å². The monoisotopic (exact) mass is 142 g/mol. The van der Waals surface area contributed by atoms with Gasteiger partial charge in [0.1, 0.15) is 0 Å². The van der Waals surface area contributed by atoms with Crippen molar-refractivity contribution in [2.24, 2.45) is 4.99 Å².